The fourth-order valence-corrected chi connectivity index (χ4v) is 2.98. The third-order valence-electron chi connectivity index (χ3n) is 4.16. The highest BCUT2D eigenvalue weighted by Gasteiger charge is 2.27. The van der Waals surface area contributed by atoms with Crippen molar-refractivity contribution in [1.82, 2.24) is 10.3 Å². The molecule has 0 saturated carbocycles. The molecule has 1 fully saturated rings. The van der Waals surface area contributed by atoms with Gasteiger partial charge < -0.3 is 15.0 Å². The summed E-state index contributed by atoms with van der Waals surface area (Å²) in [5.74, 6) is -0.137. The van der Waals surface area contributed by atoms with E-state index < -0.39 is 0 Å². The van der Waals surface area contributed by atoms with E-state index in [-0.39, 0.29) is 29.1 Å². The summed E-state index contributed by atoms with van der Waals surface area (Å²) in [5.41, 5.74) is 0.897. The van der Waals surface area contributed by atoms with Crippen LogP contribution in [0.2, 0.25) is 0 Å². The molecule has 2 aromatic rings. The van der Waals surface area contributed by atoms with Crippen LogP contribution in [0.3, 0.4) is 0 Å². The Balaban J connectivity index is 1.67. The Kier molecular flexibility index (Phi) is 4.88. The van der Waals surface area contributed by atoms with Gasteiger partial charge in [-0.1, -0.05) is 30.3 Å². The summed E-state index contributed by atoms with van der Waals surface area (Å²) >= 11 is 0. The van der Waals surface area contributed by atoms with E-state index in [0.29, 0.717) is 6.54 Å². The van der Waals surface area contributed by atoms with Gasteiger partial charge >= 0.3 is 0 Å². The number of hydrogen-bond acceptors (Lipinski definition) is 3. The van der Waals surface area contributed by atoms with Gasteiger partial charge in [-0.05, 0) is 30.5 Å². The Morgan fingerprint density at radius 2 is 2.04 bits per heavy atom. The summed E-state index contributed by atoms with van der Waals surface area (Å²) in [6.45, 7) is 1.23. The maximum atomic E-state index is 12.2. The van der Waals surface area contributed by atoms with E-state index in [4.69, 9.17) is 4.74 Å². The molecule has 0 unspecified atom stereocenters. The maximum Gasteiger partial charge on any atom is 0.260 e. The van der Waals surface area contributed by atoms with Crippen molar-refractivity contribution in [3.05, 3.63) is 70.1 Å². The van der Waals surface area contributed by atoms with Crippen molar-refractivity contribution in [3.63, 3.8) is 0 Å². The van der Waals surface area contributed by atoms with Crippen molar-refractivity contribution < 1.29 is 9.53 Å². The first-order chi connectivity index (χ1) is 11.3. The molecule has 1 aliphatic heterocycles. The van der Waals surface area contributed by atoms with Crippen molar-refractivity contribution in [2.45, 2.75) is 18.9 Å². The zero-order valence-electron chi connectivity index (χ0n) is 12.8. The number of aromatic nitrogens is 1. The smallest absolute Gasteiger partial charge is 0.260 e. The number of amides is 1. The molecule has 0 aliphatic carbocycles. The standard InChI is InChI=1S/C18H20N2O3/c21-17-15(9-4-10-19-17)18(22)20-12-14-8-5-11-23-16(14)13-6-2-1-3-7-13/h1-4,6-7,9-10,14,16H,5,8,11-12H2,(H,19,21)(H,20,22)/t14-,16+/m1/s1. The minimum absolute atomic E-state index is 0.0145. The number of nitrogens with one attached hydrogen (secondary N) is 2. The Bertz CT molecular complexity index is 711. The van der Waals surface area contributed by atoms with Gasteiger partial charge in [0.1, 0.15) is 5.56 Å². The van der Waals surface area contributed by atoms with Crippen LogP contribution in [-0.4, -0.2) is 24.0 Å². The SMILES string of the molecule is O=C(NC[C@H]1CCCO[C@H]1c1ccccc1)c1ccc[nH]c1=O. The fraction of sp³-hybridized carbons (Fsp3) is 0.333. The van der Waals surface area contributed by atoms with Gasteiger partial charge in [0.25, 0.3) is 11.5 Å². The predicted molar refractivity (Wildman–Crippen MR) is 87.3 cm³/mol. The first kappa shape index (κ1) is 15.5. The van der Waals surface area contributed by atoms with Crippen LogP contribution in [0.1, 0.15) is 34.9 Å². The molecule has 1 aliphatic rings. The Hall–Kier alpha value is -2.40. The second kappa shape index (κ2) is 7.24. The first-order valence-corrected chi connectivity index (χ1v) is 7.88. The van der Waals surface area contributed by atoms with E-state index in [1.54, 1.807) is 6.07 Å². The minimum Gasteiger partial charge on any atom is -0.373 e. The fourth-order valence-electron chi connectivity index (χ4n) is 2.98. The van der Waals surface area contributed by atoms with E-state index in [1.165, 1.54) is 12.3 Å². The van der Waals surface area contributed by atoms with Crippen molar-refractivity contribution in [2.75, 3.05) is 13.2 Å². The first-order valence-electron chi connectivity index (χ1n) is 7.88. The molecular weight excluding hydrogens is 292 g/mol. The summed E-state index contributed by atoms with van der Waals surface area (Å²) in [6, 6.07) is 13.2. The van der Waals surface area contributed by atoms with Gasteiger partial charge in [0.15, 0.2) is 0 Å². The van der Waals surface area contributed by atoms with E-state index in [9.17, 15) is 9.59 Å². The van der Waals surface area contributed by atoms with Crippen LogP contribution < -0.4 is 10.9 Å². The average Bonchev–Trinajstić information content (AvgIpc) is 2.61. The lowest BCUT2D eigenvalue weighted by atomic mass is 9.89. The van der Waals surface area contributed by atoms with Crippen molar-refractivity contribution in [3.8, 4) is 0 Å². The van der Waals surface area contributed by atoms with Crippen LogP contribution in [0.5, 0.6) is 0 Å². The molecule has 3 rings (SSSR count). The predicted octanol–water partition coefficient (Wildman–Crippen LogP) is 2.27. The van der Waals surface area contributed by atoms with Crippen LogP contribution in [0.4, 0.5) is 0 Å². The number of ether oxygens (including phenoxy) is 1. The van der Waals surface area contributed by atoms with E-state index in [1.807, 2.05) is 30.3 Å². The zero-order valence-corrected chi connectivity index (χ0v) is 12.8. The normalized spacial score (nSPS) is 20.9. The summed E-state index contributed by atoms with van der Waals surface area (Å²) in [5, 5.41) is 2.87. The molecule has 2 N–H and O–H groups in total. The molecule has 5 heteroatoms. The molecule has 0 bridgehead atoms. The van der Waals surface area contributed by atoms with Crippen LogP contribution in [-0.2, 0) is 4.74 Å². The molecule has 0 spiro atoms. The number of H-pyrrole nitrogens is 1. The molecule has 1 amide bonds. The molecule has 1 aromatic carbocycles. The second-order valence-electron chi connectivity index (χ2n) is 5.73. The summed E-state index contributed by atoms with van der Waals surface area (Å²) < 4.78 is 5.92. The molecule has 1 aromatic heterocycles. The minimum atomic E-state index is -0.371. The van der Waals surface area contributed by atoms with Gasteiger partial charge in [-0.2, -0.15) is 0 Å². The van der Waals surface area contributed by atoms with Gasteiger partial charge in [-0.15, -0.1) is 0 Å². The third-order valence-corrected chi connectivity index (χ3v) is 4.16. The van der Waals surface area contributed by atoms with Crippen molar-refractivity contribution in [1.29, 1.82) is 0 Å². The summed E-state index contributed by atoms with van der Waals surface area (Å²) in [7, 11) is 0. The number of carbonyl (C=O) groups is 1. The number of pyridine rings is 1. The lowest BCUT2D eigenvalue weighted by Gasteiger charge is -2.32. The van der Waals surface area contributed by atoms with E-state index in [2.05, 4.69) is 10.3 Å². The van der Waals surface area contributed by atoms with Crippen LogP contribution in [0.25, 0.3) is 0 Å². The number of aromatic amines is 1. The zero-order chi connectivity index (χ0) is 16.1. The Morgan fingerprint density at radius 1 is 1.22 bits per heavy atom. The number of rotatable bonds is 4. The molecule has 1 saturated heterocycles. The van der Waals surface area contributed by atoms with Gasteiger partial charge in [0.05, 0.1) is 6.10 Å². The average molecular weight is 312 g/mol. The molecule has 2 heterocycles. The highest BCUT2D eigenvalue weighted by molar-refractivity contribution is 5.93. The monoisotopic (exact) mass is 312 g/mol. The largest absolute Gasteiger partial charge is 0.373 e. The maximum absolute atomic E-state index is 12.2. The highest BCUT2D eigenvalue weighted by Crippen LogP contribution is 2.33. The Labute approximate surface area is 134 Å². The number of carbonyl (C=O) groups excluding carboxylic acids is 1. The lowest BCUT2D eigenvalue weighted by molar-refractivity contribution is -0.0272. The van der Waals surface area contributed by atoms with Gasteiger partial charge in [0, 0.05) is 25.3 Å². The van der Waals surface area contributed by atoms with Crippen LogP contribution >= 0.6 is 0 Å². The number of benzene rings is 1. The van der Waals surface area contributed by atoms with Crippen molar-refractivity contribution in [2.24, 2.45) is 5.92 Å². The lowest BCUT2D eigenvalue weighted by Crippen LogP contribution is -2.37. The van der Waals surface area contributed by atoms with Gasteiger partial charge in [-0.25, -0.2) is 0 Å². The van der Waals surface area contributed by atoms with E-state index in [0.717, 1.165) is 25.0 Å². The third kappa shape index (κ3) is 3.68. The highest BCUT2D eigenvalue weighted by atomic mass is 16.5. The number of hydrogen-bond donors (Lipinski definition) is 2. The molecule has 5 nitrogen and oxygen atoms in total. The quantitative estimate of drug-likeness (QED) is 0.910. The van der Waals surface area contributed by atoms with E-state index >= 15 is 0 Å². The summed E-state index contributed by atoms with van der Waals surface area (Å²) in [6.07, 6.45) is 3.47. The van der Waals surface area contributed by atoms with Crippen LogP contribution in [0.15, 0.2) is 53.5 Å². The van der Waals surface area contributed by atoms with Gasteiger partial charge in [0.2, 0.25) is 0 Å². The van der Waals surface area contributed by atoms with Crippen molar-refractivity contribution >= 4 is 5.91 Å². The molecule has 0 radical (unpaired) electrons. The molecule has 120 valence electrons. The molecular formula is C18H20N2O3. The molecule has 2 atom stereocenters. The molecule has 23 heavy (non-hydrogen) atoms. The van der Waals surface area contributed by atoms with Gasteiger partial charge in [-0.3, -0.25) is 9.59 Å². The second-order valence-corrected chi connectivity index (χ2v) is 5.73. The Morgan fingerprint density at radius 3 is 2.83 bits per heavy atom. The summed E-state index contributed by atoms with van der Waals surface area (Å²) in [4.78, 5) is 26.3. The van der Waals surface area contributed by atoms with Crippen LogP contribution in [0, 0.1) is 5.92 Å². The topological polar surface area (TPSA) is 71.2 Å².